The fraction of sp³-hybridized carbons (Fsp3) is 0.636. The second-order valence-corrected chi connectivity index (χ2v) is 8.97. The molecule has 0 bridgehead atoms. The van der Waals surface area contributed by atoms with Crippen LogP contribution >= 0.6 is 27.3 Å². The number of aliphatic hydroxyl groups excluding tert-OH is 1. The van der Waals surface area contributed by atoms with Crippen LogP contribution in [-0.2, 0) is 16.6 Å². The van der Waals surface area contributed by atoms with Gasteiger partial charge in [0, 0.05) is 18.0 Å². The van der Waals surface area contributed by atoms with Crippen LogP contribution in [0.4, 0.5) is 0 Å². The van der Waals surface area contributed by atoms with Crippen molar-refractivity contribution in [1.29, 1.82) is 0 Å². The highest BCUT2D eigenvalue weighted by molar-refractivity contribution is 9.11. The Labute approximate surface area is 125 Å². The molecule has 1 fully saturated rings. The van der Waals surface area contributed by atoms with Gasteiger partial charge in [-0.25, -0.2) is 13.1 Å². The number of sulfonamides is 1. The molecule has 2 rings (SSSR count). The van der Waals surface area contributed by atoms with Crippen molar-refractivity contribution in [2.75, 3.05) is 26.7 Å². The van der Waals surface area contributed by atoms with Gasteiger partial charge in [0.25, 0.3) is 0 Å². The fourth-order valence-electron chi connectivity index (χ4n) is 2.16. The van der Waals surface area contributed by atoms with E-state index in [1.54, 1.807) is 0 Å². The highest BCUT2D eigenvalue weighted by atomic mass is 79.9. The SMILES string of the molecule is CN1CCC(CNS(=O)(=O)c2cc(CO)sc2Br)C1. The highest BCUT2D eigenvalue weighted by Crippen LogP contribution is 2.31. The van der Waals surface area contributed by atoms with Gasteiger partial charge in [0.05, 0.1) is 10.4 Å². The molecule has 1 aliphatic rings. The lowest BCUT2D eigenvalue weighted by Crippen LogP contribution is -2.30. The van der Waals surface area contributed by atoms with Crippen LogP contribution in [0.1, 0.15) is 11.3 Å². The first kappa shape index (κ1) is 15.4. The van der Waals surface area contributed by atoms with Gasteiger partial charge in [0.1, 0.15) is 4.90 Å². The van der Waals surface area contributed by atoms with E-state index in [0.29, 0.717) is 21.1 Å². The molecule has 1 atom stereocenters. The predicted octanol–water partition coefficient (Wildman–Crippen LogP) is 1.23. The monoisotopic (exact) mass is 368 g/mol. The average Bonchev–Trinajstić information content (AvgIpc) is 2.93. The number of nitrogens with zero attached hydrogens (tertiary/aromatic N) is 1. The van der Waals surface area contributed by atoms with Gasteiger partial charge in [-0.05, 0) is 47.9 Å². The summed E-state index contributed by atoms with van der Waals surface area (Å²) in [6.07, 6.45) is 1.02. The summed E-state index contributed by atoms with van der Waals surface area (Å²) in [7, 11) is -1.46. The Bertz CT molecular complexity index is 544. The second-order valence-electron chi connectivity index (χ2n) is 4.78. The van der Waals surface area contributed by atoms with Crippen molar-refractivity contribution in [1.82, 2.24) is 9.62 Å². The first-order chi connectivity index (χ1) is 8.92. The second kappa shape index (κ2) is 6.19. The van der Waals surface area contributed by atoms with Crippen LogP contribution in [0.5, 0.6) is 0 Å². The molecule has 0 spiro atoms. The maximum Gasteiger partial charge on any atom is 0.242 e. The van der Waals surface area contributed by atoms with E-state index in [1.165, 1.54) is 17.4 Å². The quantitative estimate of drug-likeness (QED) is 0.819. The molecule has 0 aromatic carbocycles. The number of thiophene rings is 1. The van der Waals surface area contributed by atoms with Gasteiger partial charge in [-0.3, -0.25) is 0 Å². The zero-order valence-corrected chi connectivity index (χ0v) is 13.8. The molecule has 0 aliphatic carbocycles. The number of likely N-dealkylation sites (tertiary alicyclic amines) is 1. The van der Waals surface area contributed by atoms with Gasteiger partial charge >= 0.3 is 0 Å². The van der Waals surface area contributed by atoms with Crippen LogP contribution in [0.25, 0.3) is 0 Å². The summed E-state index contributed by atoms with van der Waals surface area (Å²) in [6, 6.07) is 1.51. The van der Waals surface area contributed by atoms with Gasteiger partial charge in [-0.15, -0.1) is 11.3 Å². The third-order valence-electron chi connectivity index (χ3n) is 3.20. The third-order valence-corrected chi connectivity index (χ3v) is 6.86. The Hall–Kier alpha value is 0.01000. The van der Waals surface area contributed by atoms with E-state index in [-0.39, 0.29) is 11.5 Å². The Morgan fingerprint density at radius 3 is 2.89 bits per heavy atom. The normalized spacial score (nSPS) is 21.1. The summed E-state index contributed by atoms with van der Waals surface area (Å²) in [5, 5.41) is 9.04. The molecular weight excluding hydrogens is 352 g/mol. The Kier molecular flexibility index (Phi) is 5.02. The van der Waals surface area contributed by atoms with Gasteiger partial charge in [-0.2, -0.15) is 0 Å². The first-order valence-corrected chi connectivity index (χ1v) is 9.09. The smallest absolute Gasteiger partial charge is 0.242 e. The van der Waals surface area contributed by atoms with E-state index >= 15 is 0 Å². The fourth-order valence-corrected chi connectivity index (χ4v) is 5.81. The first-order valence-electron chi connectivity index (χ1n) is 5.99. The molecule has 1 aromatic rings. The molecule has 8 heteroatoms. The number of hydrogen-bond acceptors (Lipinski definition) is 5. The maximum atomic E-state index is 12.2. The van der Waals surface area contributed by atoms with Crippen LogP contribution < -0.4 is 4.72 Å². The van der Waals surface area contributed by atoms with Gasteiger partial charge in [0.15, 0.2) is 0 Å². The van der Waals surface area contributed by atoms with Crippen LogP contribution in [0.2, 0.25) is 0 Å². The van der Waals surface area contributed by atoms with Crippen molar-refractivity contribution in [2.24, 2.45) is 5.92 Å². The van der Waals surface area contributed by atoms with E-state index in [4.69, 9.17) is 5.11 Å². The standard InChI is InChI=1S/C11H17BrN2O3S2/c1-14-3-2-8(6-14)5-13-19(16,17)10-4-9(7-15)18-11(10)12/h4,8,13,15H,2-3,5-7H2,1H3. The van der Waals surface area contributed by atoms with Crippen molar-refractivity contribution >= 4 is 37.3 Å². The minimum absolute atomic E-state index is 0.147. The highest BCUT2D eigenvalue weighted by Gasteiger charge is 2.24. The largest absolute Gasteiger partial charge is 0.391 e. The van der Waals surface area contributed by atoms with Crippen molar-refractivity contribution in [2.45, 2.75) is 17.9 Å². The molecule has 0 radical (unpaired) electrons. The van der Waals surface area contributed by atoms with Gasteiger partial charge in [0.2, 0.25) is 10.0 Å². The number of aliphatic hydroxyl groups is 1. The summed E-state index contributed by atoms with van der Waals surface area (Å²) < 4.78 is 27.6. The van der Waals surface area contributed by atoms with Crippen molar-refractivity contribution < 1.29 is 13.5 Å². The zero-order valence-electron chi connectivity index (χ0n) is 10.6. The number of hydrogen-bond donors (Lipinski definition) is 2. The number of rotatable bonds is 5. The number of halogens is 1. The lowest BCUT2D eigenvalue weighted by atomic mass is 10.1. The Morgan fingerprint density at radius 2 is 2.37 bits per heavy atom. The number of nitrogens with one attached hydrogen (secondary N) is 1. The minimum atomic E-state index is -3.50. The van der Waals surface area contributed by atoms with Crippen molar-refractivity contribution in [3.05, 3.63) is 14.7 Å². The molecule has 1 aliphatic heterocycles. The molecule has 2 N–H and O–H groups in total. The van der Waals surface area contributed by atoms with Crippen LogP contribution in [0, 0.1) is 5.92 Å². The van der Waals surface area contributed by atoms with E-state index in [2.05, 4.69) is 25.6 Å². The minimum Gasteiger partial charge on any atom is -0.391 e. The van der Waals surface area contributed by atoms with E-state index in [9.17, 15) is 8.42 Å². The molecule has 1 unspecified atom stereocenters. The molecule has 1 aromatic heterocycles. The van der Waals surface area contributed by atoms with E-state index in [0.717, 1.165) is 19.5 Å². The topological polar surface area (TPSA) is 69.6 Å². The lowest BCUT2D eigenvalue weighted by Gasteiger charge is -2.11. The van der Waals surface area contributed by atoms with Gasteiger partial charge < -0.3 is 10.0 Å². The summed E-state index contributed by atoms with van der Waals surface area (Å²) in [5.74, 6) is 0.370. The molecule has 1 saturated heterocycles. The molecule has 0 amide bonds. The average molecular weight is 369 g/mol. The maximum absolute atomic E-state index is 12.2. The molecule has 2 heterocycles. The summed E-state index contributed by atoms with van der Waals surface area (Å²) >= 11 is 4.48. The van der Waals surface area contributed by atoms with E-state index < -0.39 is 10.0 Å². The summed E-state index contributed by atoms with van der Waals surface area (Å²) in [5.41, 5.74) is 0. The Balaban J connectivity index is 2.03. The molecular formula is C11H17BrN2O3S2. The van der Waals surface area contributed by atoms with Crippen LogP contribution in [-0.4, -0.2) is 45.1 Å². The zero-order chi connectivity index (χ0) is 14.0. The predicted molar refractivity (Wildman–Crippen MR) is 78.7 cm³/mol. The summed E-state index contributed by atoms with van der Waals surface area (Å²) in [6.45, 7) is 2.26. The molecule has 5 nitrogen and oxygen atoms in total. The van der Waals surface area contributed by atoms with Crippen molar-refractivity contribution in [3.63, 3.8) is 0 Å². The van der Waals surface area contributed by atoms with Crippen molar-refractivity contribution in [3.8, 4) is 0 Å². The molecule has 19 heavy (non-hydrogen) atoms. The van der Waals surface area contributed by atoms with E-state index in [1.807, 2.05) is 7.05 Å². The Morgan fingerprint density at radius 1 is 1.63 bits per heavy atom. The lowest BCUT2D eigenvalue weighted by molar-refractivity contribution is 0.285. The van der Waals surface area contributed by atoms with Crippen LogP contribution in [0.15, 0.2) is 14.7 Å². The van der Waals surface area contributed by atoms with Crippen LogP contribution in [0.3, 0.4) is 0 Å². The molecule has 108 valence electrons. The third kappa shape index (κ3) is 3.77. The molecule has 0 saturated carbocycles. The van der Waals surface area contributed by atoms with Gasteiger partial charge in [-0.1, -0.05) is 0 Å². The summed E-state index contributed by atoms with van der Waals surface area (Å²) in [4.78, 5) is 3.05.